The van der Waals surface area contributed by atoms with Gasteiger partial charge in [0.25, 0.3) is 11.6 Å². The summed E-state index contributed by atoms with van der Waals surface area (Å²) in [5, 5.41) is 11.3. The molecule has 2 aliphatic rings. The molecule has 1 aromatic carbocycles. The van der Waals surface area contributed by atoms with Gasteiger partial charge in [-0.05, 0) is 26.8 Å². The van der Waals surface area contributed by atoms with Crippen LogP contribution >= 0.6 is 0 Å². The highest BCUT2D eigenvalue weighted by Crippen LogP contribution is 2.46. The number of nitrogens with zero attached hydrogens (tertiary/aromatic N) is 2. The third-order valence-corrected chi connectivity index (χ3v) is 4.72. The number of rotatable bonds is 5. The van der Waals surface area contributed by atoms with Crippen molar-refractivity contribution in [2.45, 2.75) is 45.4 Å². The van der Waals surface area contributed by atoms with Crippen molar-refractivity contribution in [3.8, 4) is 5.75 Å². The number of fused-ring (bicyclic) bond motifs is 1. The van der Waals surface area contributed by atoms with Crippen LogP contribution in [0.15, 0.2) is 30.0 Å². The average Bonchev–Trinajstić information content (AvgIpc) is 2.95. The molecule has 0 fully saturated rings. The third-order valence-electron chi connectivity index (χ3n) is 4.72. The van der Waals surface area contributed by atoms with E-state index in [1.54, 1.807) is 13.8 Å². The fourth-order valence-corrected chi connectivity index (χ4v) is 3.59. The number of hydrogen-bond donors (Lipinski definition) is 0. The maximum atomic E-state index is 12.7. The van der Waals surface area contributed by atoms with Gasteiger partial charge in [0.15, 0.2) is 6.10 Å². The van der Waals surface area contributed by atoms with Gasteiger partial charge in [0.1, 0.15) is 23.2 Å². The normalized spacial score (nSPS) is 22.8. The number of benzene rings is 1. The molecule has 0 N–H and O–H groups in total. The third kappa shape index (κ3) is 3.51. The number of nitro groups is 1. The van der Waals surface area contributed by atoms with E-state index in [0.717, 1.165) is 0 Å². The van der Waals surface area contributed by atoms with Gasteiger partial charge >= 0.3 is 5.97 Å². The zero-order valence-electron chi connectivity index (χ0n) is 16.1. The molecule has 0 spiro atoms. The highest BCUT2D eigenvalue weighted by molar-refractivity contribution is 5.91. The second-order valence-electron chi connectivity index (χ2n) is 7.17. The molecular weight excluding hydrogens is 368 g/mol. The van der Waals surface area contributed by atoms with Crippen LogP contribution in [0.2, 0.25) is 0 Å². The monoisotopic (exact) mass is 390 g/mol. The summed E-state index contributed by atoms with van der Waals surface area (Å²) >= 11 is 0. The van der Waals surface area contributed by atoms with Gasteiger partial charge in [0.05, 0.1) is 18.1 Å². The van der Waals surface area contributed by atoms with Crippen LogP contribution in [0.5, 0.6) is 5.75 Å². The van der Waals surface area contributed by atoms with Gasteiger partial charge in [-0.2, -0.15) is 0 Å². The van der Waals surface area contributed by atoms with E-state index < -0.39 is 28.6 Å². The van der Waals surface area contributed by atoms with Crippen molar-refractivity contribution >= 4 is 17.6 Å². The van der Waals surface area contributed by atoms with E-state index in [0.29, 0.717) is 23.7 Å². The van der Waals surface area contributed by atoms with Gasteiger partial charge in [0, 0.05) is 30.7 Å². The van der Waals surface area contributed by atoms with Crippen molar-refractivity contribution in [3.05, 3.63) is 45.7 Å². The van der Waals surface area contributed by atoms with Crippen molar-refractivity contribution in [2.75, 3.05) is 13.2 Å². The van der Waals surface area contributed by atoms with Gasteiger partial charge in [0.2, 0.25) is 0 Å². The summed E-state index contributed by atoms with van der Waals surface area (Å²) in [6, 6.07) is 3.44. The Labute approximate surface area is 162 Å². The second-order valence-corrected chi connectivity index (χ2v) is 7.17. The van der Waals surface area contributed by atoms with Gasteiger partial charge in [-0.1, -0.05) is 0 Å². The van der Waals surface area contributed by atoms with Gasteiger partial charge in [-0.15, -0.1) is 0 Å². The number of nitro benzene ring substituents is 1. The molecule has 0 radical (unpaired) electrons. The second kappa shape index (κ2) is 7.14. The highest BCUT2D eigenvalue weighted by Gasteiger charge is 2.51. The van der Waals surface area contributed by atoms with Crippen LogP contribution in [-0.2, 0) is 19.1 Å². The molecule has 2 atom stereocenters. The van der Waals surface area contributed by atoms with Crippen molar-refractivity contribution in [3.63, 3.8) is 0 Å². The van der Waals surface area contributed by atoms with E-state index in [2.05, 4.69) is 0 Å². The molecule has 2 heterocycles. The van der Waals surface area contributed by atoms with E-state index in [4.69, 9.17) is 14.2 Å². The molecule has 0 aromatic heterocycles. The Morgan fingerprint density at radius 2 is 2.14 bits per heavy atom. The predicted octanol–water partition coefficient (Wildman–Crippen LogP) is 2.50. The first kappa shape index (κ1) is 19.7. The zero-order chi connectivity index (χ0) is 20.6. The lowest BCUT2D eigenvalue weighted by Crippen LogP contribution is -2.55. The molecule has 1 aromatic rings. The highest BCUT2D eigenvalue weighted by atomic mass is 16.6. The van der Waals surface area contributed by atoms with E-state index >= 15 is 0 Å². The topological polar surface area (TPSA) is 108 Å². The van der Waals surface area contributed by atoms with Crippen LogP contribution in [-0.4, -0.2) is 46.6 Å². The zero-order valence-corrected chi connectivity index (χ0v) is 16.1. The summed E-state index contributed by atoms with van der Waals surface area (Å²) in [5.41, 5.74) is -0.689. The van der Waals surface area contributed by atoms with Crippen LogP contribution in [0, 0.1) is 10.1 Å². The first-order valence-electron chi connectivity index (χ1n) is 8.92. The summed E-state index contributed by atoms with van der Waals surface area (Å²) in [7, 11) is 0. The summed E-state index contributed by atoms with van der Waals surface area (Å²) in [6.45, 7) is 7.15. The van der Waals surface area contributed by atoms with E-state index in [1.165, 1.54) is 36.1 Å². The van der Waals surface area contributed by atoms with Crippen LogP contribution in [0.25, 0.3) is 0 Å². The number of esters is 1. The molecule has 0 saturated heterocycles. The minimum absolute atomic E-state index is 0.140. The smallest absolute Gasteiger partial charge is 0.303 e. The fourth-order valence-electron chi connectivity index (χ4n) is 3.59. The predicted molar refractivity (Wildman–Crippen MR) is 97.5 cm³/mol. The van der Waals surface area contributed by atoms with Gasteiger partial charge in [-0.25, -0.2) is 0 Å². The van der Waals surface area contributed by atoms with Crippen LogP contribution in [0.1, 0.15) is 39.3 Å². The average molecular weight is 390 g/mol. The Bertz CT molecular complexity index is 862. The number of hydrogen-bond acceptors (Lipinski definition) is 7. The molecule has 0 aliphatic carbocycles. The first-order chi connectivity index (χ1) is 13.1. The van der Waals surface area contributed by atoms with Crippen LogP contribution in [0.4, 0.5) is 5.69 Å². The molecule has 0 saturated carbocycles. The Morgan fingerprint density at radius 1 is 1.43 bits per heavy atom. The number of ether oxygens (including phenoxy) is 3. The molecule has 2 aliphatic heterocycles. The Balaban J connectivity index is 2.11. The lowest BCUT2D eigenvalue weighted by atomic mass is 9.85. The minimum Gasteiger partial charge on any atom is -0.496 e. The number of amides is 1. The van der Waals surface area contributed by atoms with Crippen molar-refractivity contribution in [1.82, 2.24) is 4.90 Å². The first-order valence-corrected chi connectivity index (χ1v) is 8.92. The molecule has 0 bridgehead atoms. The molecule has 9 nitrogen and oxygen atoms in total. The summed E-state index contributed by atoms with van der Waals surface area (Å²) < 4.78 is 17.0. The van der Waals surface area contributed by atoms with E-state index in [-0.39, 0.29) is 18.1 Å². The molecule has 2 unspecified atom stereocenters. The van der Waals surface area contributed by atoms with Gasteiger partial charge in [-0.3, -0.25) is 19.7 Å². The van der Waals surface area contributed by atoms with Crippen LogP contribution < -0.4 is 4.74 Å². The van der Waals surface area contributed by atoms with Crippen molar-refractivity contribution < 1.29 is 28.7 Å². The van der Waals surface area contributed by atoms with E-state index in [9.17, 15) is 19.7 Å². The molecule has 28 heavy (non-hydrogen) atoms. The Morgan fingerprint density at radius 3 is 2.75 bits per heavy atom. The SMILES string of the molecule is CCOC1=CC(=O)N(C2c3cc([N+](=O)[O-])ccc3OC(C)(C)C2OC(C)=O)C1. The molecular formula is C19H22N2O7. The Hall–Kier alpha value is -3.10. The molecule has 150 valence electrons. The molecule has 1 amide bonds. The quantitative estimate of drug-likeness (QED) is 0.432. The summed E-state index contributed by atoms with van der Waals surface area (Å²) in [5.74, 6) is 0.0398. The largest absolute Gasteiger partial charge is 0.496 e. The summed E-state index contributed by atoms with van der Waals surface area (Å²) in [4.78, 5) is 36.7. The number of carbonyl (C=O) groups is 2. The van der Waals surface area contributed by atoms with Gasteiger partial charge < -0.3 is 19.1 Å². The maximum absolute atomic E-state index is 12.7. The van der Waals surface area contributed by atoms with Crippen molar-refractivity contribution in [1.29, 1.82) is 0 Å². The fraction of sp³-hybridized carbons (Fsp3) is 0.474. The summed E-state index contributed by atoms with van der Waals surface area (Å²) in [6.07, 6.45) is 0.520. The standard InChI is InChI=1S/C19H22N2O7/c1-5-26-13-9-16(23)20(10-13)17-14-8-12(21(24)25)6-7-15(14)28-19(3,4)18(17)27-11(2)22/h6-9,17-18H,5,10H2,1-4H3. The lowest BCUT2D eigenvalue weighted by Gasteiger charge is -2.46. The van der Waals surface area contributed by atoms with E-state index in [1.807, 2.05) is 6.92 Å². The van der Waals surface area contributed by atoms with Crippen molar-refractivity contribution in [2.24, 2.45) is 0 Å². The number of carbonyl (C=O) groups excluding carboxylic acids is 2. The number of non-ortho nitro benzene ring substituents is 1. The van der Waals surface area contributed by atoms with Crippen LogP contribution in [0.3, 0.4) is 0 Å². The molecule has 9 heteroatoms. The molecule has 3 rings (SSSR count). The minimum atomic E-state index is -0.964. The maximum Gasteiger partial charge on any atom is 0.303 e. The lowest BCUT2D eigenvalue weighted by molar-refractivity contribution is -0.385. The Kier molecular flexibility index (Phi) is 5.01.